The molecule has 1 saturated heterocycles. The van der Waals surface area contributed by atoms with E-state index < -0.39 is 5.82 Å². The van der Waals surface area contributed by atoms with Crippen molar-refractivity contribution in [2.24, 2.45) is 0 Å². The zero-order valence-electron chi connectivity index (χ0n) is 13.4. The van der Waals surface area contributed by atoms with Crippen LogP contribution in [0.1, 0.15) is 6.42 Å². The van der Waals surface area contributed by atoms with Gasteiger partial charge in [0.2, 0.25) is 0 Å². The molecule has 22 heavy (non-hydrogen) atoms. The number of carbonyl (C=O) groups is 1. The number of rotatable bonds is 5. The van der Waals surface area contributed by atoms with Crippen LogP contribution in [-0.4, -0.2) is 74.1 Å². The molecule has 1 heterocycles. The maximum atomic E-state index is 13.5. The third-order valence-corrected chi connectivity index (χ3v) is 3.85. The molecule has 0 saturated carbocycles. The fraction of sp³-hybridized carbons (Fsp3) is 0.562. The van der Waals surface area contributed by atoms with E-state index in [1.165, 1.54) is 6.07 Å². The minimum Gasteiger partial charge on any atom is -0.322 e. The Hall–Kier alpha value is -1.66. The van der Waals surface area contributed by atoms with Crippen LogP contribution in [0.2, 0.25) is 0 Å². The van der Waals surface area contributed by atoms with Gasteiger partial charge in [-0.2, -0.15) is 0 Å². The predicted molar refractivity (Wildman–Crippen MR) is 86.6 cm³/mol. The first-order valence-electron chi connectivity index (χ1n) is 7.74. The zero-order valence-corrected chi connectivity index (χ0v) is 13.4. The summed E-state index contributed by atoms with van der Waals surface area (Å²) in [7, 11) is 4.15. The molecule has 0 radical (unpaired) electrons. The van der Waals surface area contributed by atoms with Crippen molar-refractivity contribution in [2.45, 2.75) is 6.42 Å². The molecule has 0 bridgehead atoms. The number of piperazine rings is 1. The van der Waals surface area contributed by atoms with Crippen LogP contribution in [0.5, 0.6) is 0 Å². The van der Waals surface area contributed by atoms with E-state index in [9.17, 15) is 9.18 Å². The van der Waals surface area contributed by atoms with Crippen molar-refractivity contribution in [1.82, 2.24) is 14.7 Å². The van der Waals surface area contributed by atoms with E-state index in [1.54, 1.807) is 23.1 Å². The molecule has 1 fully saturated rings. The average molecular weight is 308 g/mol. The lowest BCUT2D eigenvalue weighted by Crippen LogP contribution is -2.50. The monoisotopic (exact) mass is 308 g/mol. The summed E-state index contributed by atoms with van der Waals surface area (Å²) < 4.78 is 13.5. The van der Waals surface area contributed by atoms with Crippen LogP contribution >= 0.6 is 0 Å². The lowest BCUT2D eigenvalue weighted by atomic mass is 10.3. The van der Waals surface area contributed by atoms with E-state index in [1.807, 2.05) is 0 Å². The van der Waals surface area contributed by atoms with E-state index in [0.29, 0.717) is 13.1 Å². The van der Waals surface area contributed by atoms with Gasteiger partial charge in [0, 0.05) is 26.2 Å². The molecule has 0 unspecified atom stereocenters. The number of nitrogens with one attached hydrogen (secondary N) is 1. The van der Waals surface area contributed by atoms with Crippen molar-refractivity contribution in [3.63, 3.8) is 0 Å². The van der Waals surface area contributed by atoms with Crippen molar-refractivity contribution in [2.75, 3.05) is 58.7 Å². The molecule has 1 aromatic rings. The summed E-state index contributed by atoms with van der Waals surface area (Å²) in [4.78, 5) is 18.4. The third kappa shape index (κ3) is 4.96. The Morgan fingerprint density at radius 2 is 1.91 bits per heavy atom. The Morgan fingerprint density at radius 1 is 1.23 bits per heavy atom. The number of anilines is 1. The standard InChI is InChI=1S/C16H25FN4O/c1-19(2)8-5-9-20-10-12-21(13-11-20)16(22)18-15-7-4-3-6-14(15)17/h3-4,6-7H,5,8-13H2,1-2H3,(H,18,22). The van der Waals surface area contributed by atoms with Crippen LogP contribution in [-0.2, 0) is 0 Å². The van der Waals surface area contributed by atoms with E-state index in [0.717, 1.165) is 32.6 Å². The third-order valence-electron chi connectivity index (χ3n) is 3.85. The zero-order chi connectivity index (χ0) is 15.9. The van der Waals surface area contributed by atoms with Gasteiger partial charge in [-0.25, -0.2) is 9.18 Å². The first kappa shape index (κ1) is 16.7. The van der Waals surface area contributed by atoms with Crippen molar-refractivity contribution in [3.8, 4) is 0 Å². The molecule has 5 nitrogen and oxygen atoms in total. The molecule has 6 heteroatoms. The second-order valence-electron chi connectivity index (χ2n) is 5.90. The molecule has 2 rings (SSSR count). The number of halogens is 1. The lowest BCUT2D eigenvalue weighted by molar-refractivity contribution is 0.144. The number of benzene rings is 1. The van der Waals surface area contributed by atoms with Crippen molar-refractivity contribution in [3.05, 3.63) is 30.1 Å². The number of carbonyl (C=O) groups excluding carboxylic acids is 1. The number of urea groups is 1. The summed E-state index contributed by atoms with van der Waals surface area (Å²) in [6, 6.07) is 6.01. The summed E-state index contributed by atoms with van der Waals surface area (Å²) >= 11 is 0. The summed E-state index contributed by atoms with van der Waals surface area (Å²) in [6.45, 7) is 5.25. The van der Waals surface area contributed by atoms with Gasteiger partial charge in [0.15, 0.2) is 0 Å². The summed E-state index contributed by atoms with van der Waals surface area (Å²) in [6.07, 6.45) is 1.13. The molecule has 0 aromatic heterocycles. The molecular weight excluding hydrogens is 283 g/mol. The molecular formula is C16H25FN4O. The Labute approximate surface area is 131 Å². The second kappa shape index (κ2) is 8.10. The second-order valence-corrected chi connectivity index (χ2v) is 5.90. The highest BCUT2D eigenvalue weighted by molar-refractivity contribution is 5.89. The normalized spacial score (nSPS) is 16.1. The maximum absolute atomic E-state index is 13.5. The maximum Gasteiger partial charge on any atom is 0.322 e. The summed E-state index contributed by atoms with van der Waals surface area (Å²) in [5, 5.41) is 2.64. The first-order valence-corrected chi connectivity index (χ1v) is 7.74. The van der Waals surface area contributed by atoms with Crippen LogP contribution in [0, 0.1) is 5.82 Å². The average Bonchev–Trinajstić information content (AvgIpc) is 2.50. The highest BCUT2D eigenvalue weighted by Crippen LogP contribution is 2.14. The highest BCUT2D eigenvalue weighted by Gasteiger charge is 2.21. The Bertz CT molecular complexity index is 487. The summed E-state index contributed by atoms with van der Waals surface area (Å²) in [5.74, 6) is -0.404. The first-order chi connectivity index (χ1) is 10.6. The topological polar surface area (TPSA) is 38.8 Å². The summed E-state index contributed by atoms with van der Waals surface area (Å²) in [5.41, 5.74) is 0.237. The van der Waals surface area contributed by atoms with E-state index in [-0.39, 0.29) is 11.7 Å². The molecule has 1 aliphatic heterocycles. The molecule has 2 amide bonds. The molecule has 0 atom stereocenters. The number of hydrogen-bond donors (Lipinski definition) is 1. The van der Waals surface area contributed by atoms with Gasteiger partial charge in [-0.05, 0) is 45.7 Å². The van der Waals surface area contributed by atoms with Crippen LogP contribution in [0.4, 0.5) is 14.9 Å². The van der Waals surface area contributed by atoms with Crippen LogP contribution in [0.3, 0.4) is 0 Å². The number of amides is 2. The SMILES string of the molecule is CN(C)CCCN1CCN(C(=O)Nc2ccccc2F)CC1. The lowest BCUT2D eigenvalue weighted by Gasteiger charge is -2.34. The van der Waals surface area contributed by atoms with Gasteiger partial charge >= 0.3 is 6.03 Å². The predicted octanol–water partition coefficient (Wildman–Crippen LogP) is 1.93. The van der Waals surface area contributed by atoms with E-state index in [2.05, 4.69) is 29.2 Å². The van der Waals surface area contributed by atoms with Crippen molar-refractivity contribution >= 4 is 11.7 Å². The Kier molecular flexibility index (Phi) is 6.15. The molecule has 0 aliphatic carbocycles. The van der Waals surface area contributed by atoms with Crippen molar-refractivity contribution in [1.29, 1.82) is 0 Å². The van der Waals surface area contributed by atoms with Gasteiger partial charge in [-0.1, -0.05) is 12.1 Å². The van der Waals surface area contributed by atoms with Crippen LogP contribution < -0.4 is 5.32 Å². The largest absolute Gasteiger partial charge is 0.322 e. The molecule has 1 aromatic carbocycles. The Morgan fingerprint density at radius 3 is 2.55 bits per heavy atom. The van der Waals surface area contributed by atoms with Crippen LogP contribution in [0.15, 0.2) is 24.3 Å². The van der Waals surface area contributed by atoms with Gasteiger partial charge in [0.25, 0.3) is 0 Å². The fourth-order valence-corrected chi connectivity index (χ4v) is 2.54. The van der Waals surface area contributed by atoms with Crippen LogP contribution in [0.25, 0.3) is 0 Å². The van der Waals surface area contributed by atoms with Crippen molar-refractivity contribution < 1.29 is 9.18 Å². The molecule has 0 spiro atoms. The smallest absolute Gasteiger partial charge is 0.322 e. The van der Waals surface area contributed by atoms with E-state index in [4.69, 9.17) is 0 Å². The Balaban J connectivity index is 1.74. The van der Waals surface area contributed by atoms with Gasteiger partial charge in [-0.15, -0.1) is 0 Å². The molecule has 1 aliphatic rings. The molecule has 1 N–H and O–H groups in total. The quantitative estimate of drug-likeness (QED) is 0.903. The molecule has 122 valence electrons. The van der Waals surface area contributed by atoms with Gasteiger partial charge < -0.3 is 15.1 Å². The van der Waals surface area contributed by atoms with Gasteiger partial charge in [0.05, 0.1) is 5.69 Å². The minimum atomic E-state index is -0.404. The minimum absolute atomic E-state index is 0.224. The number of nitrogens with zero attached hydrogens (tertiary/aromatic N) is 3. The van der Waals surface area contributed by atoms with Gasteiger partial charge in [-0.3, -0.25) is 4.90 Å². The number of hydrogen-bond acceptors (Lipinski definition) is 3. The van der Waals surface area contributed by atoms with E-state index >= 15 is 0 Å². The van der Waals surface area contributed by atoms with Gasteiger partial charge in [0.1, 0.15) is 5.82 Å². The fourth-order valence-electron chi connectivity index (χ4n) is 2.54. The number of para-hydroxylation sites is 1. The highest BCUT2D eigenvalue weighted by atomic mass is 19.1.